The lowest BCUT2D eigenvalue weighted by atomic mass is 9.85. The number of carboxylic acid groups (broad SMARTS) is 1. The van der Waals surface area contributed by atoms with Gasteiger partial charge in [0.25, 0.3) is 0 Å². The summed E-state index contributed by atoms with van der Waals surface area (Å²) in [6.45, 7) is 3.89. The average Bonchev–Trinajstić information content (AvgIpc) is 3.09. The molecule has 0 aromatic rings. The van der Waals surface area contributed by atoms with Crippen LogP contribution >= 0.6 is 0 Å². The fraction of sp³-hybridized carbons (Fsp3) is 0.842. The number of nitrogens with one attached hydrogen (secondary N) is 2. The summed E-state index contributed by atoms with van der Waals surface area (Å²) >= 11 is 0. The molecule has 2 fully saturated rings. The summed E-state index contributed by atoms with van der Waals surface area (Å²) in [5, 5.41) is 15.1. The van der Waals surface area contributed by atoms with Crippen LogP contribution in [-0.2, 0) is 14.4 Å². The van der Waals surface area contributed by atoms with Gasteiger partial charge in [-0.15, -0.1) is 0 Å². The molecule has 0 aromatic carbocycles. The highest BCUT2D eigenvalue weighted by Crippen LogP contribution is 2.28. The third-order valence-corrected chi connectivity index (χ3v) is 5.49. The fourth-order valence-corrected chi connectivity index (χ4v) is 3.99. The lowest BCUT2D eigenvalue weighted by molar-refractivity contribution is -0.143. The van der Waals surface area contributed by atoms with Crippen LogP contribution in [0, 0.1) is 17.8 Å². The van der Waals surface area contributed by atoms with Gasteiger partial charge in [0, 0.05) is 17.9 Å². The SMILES string of the molecule is CC(C)CC(NC(=O)C1CCC(NC(=O)C2CCCC2)CC1)C(=O)O. The topological polar surface area (TPSA) is 95.5 Å². The Bertz CT molecular complexity index is 478. The van der Waals surface area contributed by atoms with Crippen molar-refractivity contribution in [2.24, 2.45) is 17.8 Å². The van der Waals surface area contributed by atoms with Crippen molar-refractivity contribution in [3.05, 3.63) is 0 Å². The van der Waals surface area contributed by atoms with Gasteiger partial charge in [-0.3, -0.25) is 9.59 Å². The molecule has 2 aliphatic carbocycles. The number of rotatable bonds is 7. The third kappa shape index (κ3) is 6.01. The molecule has 2 amide bonds. The van der Waals surface area contributed by atoms with Crippen molar-refractivity contribution in [3.63, 3.8) is 0 Å². The molecule has 2 saturated carbocycles. The lowest BCUT2D eigenvalue weighted by Gasteiger charge is -2.30. The van der Waals surface area contributed by atoms with Crippen molar-refractivity contribution in [2.75, 3.05) is 0 Å². The number of carbonyl (C=O) groups is 3. The molecule has 2 aliphatic rings. The Labute approximate surface area is 150 Å². The van der Waals surface area contributed by atoms with Gasteiger partial charge < -0.3 is 15.7 Å². The normalized spacial score (nSPS) is 25.6. The predicted octanol–water partition coefficient (Wildman–Crippen LogP) is 2.47. The minimum atomic E-state index is -0.973. The van der Waals surface area contributed by atoms with E-state index >= 15 is 0 Å². The smallest absolute Gasteiger partial charge is 0.326 e. The van der Waals surface area contributed by atoms with E-state index in [1.54, 1.807) is 0 Å². The largest absolute Gasteiger partial charge is 0.480 e. The van der Waals surface area contributed by atoms with Crippen LogP contribution in [0.25, 0.3) is 0 Å². The second-order valence-electron chi connectivity index (χ2n) is 8.07. The Hall–Kier alpha value is -1.59. The first-order valence-corrected chi connectivity index (χ1v) is 9.70. The average molecular weight is 352 g/mol. The Morgan fingerprint density at radius 3 is 2.00 bits per heavy atom. The number of carboxylic acids is 1. The van der Waals surface area contributed by atoms with E-state index in [9.17, 15) is 19.5 Å². The van der Waals surface area contributed by atoms with Gasteiger partial charge in [0.2, 0.25) is 11.8 Å². The van der Waals surface area contributed by atoms with Gasteiger partial charge in [-0.05, 0) is 50.9 Å². The first kappa shape index (κ1) is 19.7. The second-order valence-corrected chi connectivity index (χ2v) is 8.07. The van der Waals surface area contributed by atoms with Crippen molar-refractivity contribution < 1.29 is 19.5 Å². The molecule has 0 spiro atoms. The Morgan fingerprint density at radius 2 is 1.48 bits per heavy atom. The molecule has 6 nitrogen and oxygen atoms in total. The lowest BCUT2D eigenvalue weighted by Crippen LogP contribution is -2.46. The first-order chi connectivity index (χ1) is 11.9. The maximum atomic E-state index is 12.4. The zero-order chi connectivity index (χ0) is 18.4. The molecular weight excluding hydrogens is 320 g/mol. The third-order valence-electron chi connectivity index (χ3n) is 5.49. The van der Waals surface area contributed by atoms with Crippen LogP contribution in [0.4, 0.5) is 0 Å². The number of amides is 2. The number of hydrogen-bond donors (Lipinski definition) is 3. The monoisotopic (exact) mass is 352 g/mol. The van der Waals surface area contributed by atoms with Crippen LogP contribution in [0.2, 0.25) is 0 Å². The molecule has 2 rings (SSSR count). The number of hydrogen-bond acceptors (Lipinski definition) is 3. The first-order valence-electron chi connectivity index (χ1n) is 9.70. The standard InChI is InChI=1S/C19H32N2O4/c1-12(2)11-16(19(24)25)21-18(23)14-7-9-15(10-8-14)20-17(22)13-5-3-4-6-13/h12-16H,3-11H2,1-2H3,(H,20,22)(H,21,23)(H,24,25). The van der Waals surface area contributed by atoms with Crippen molar-refractivity contribution >= 4 is 17.8 Å². The van der Waals surface area contributed by atoms with Crippen LogP contribution in [0.15, 0.2) is 0 Å². The molecule has 25 heavy (non-hydrogen) atoms. The minimum absolute atomic E-state index is 0.145. The van der Waals surface area contributed by atoms with Gasteiger partial charge in [0.1, 0.15) is 6.04 Å². The zero-order valence-corrected chi connectivity index (χ0v) is 15.4. The van der Waals surface area contributed by atoms with Crippen LogP contribution in [0.1, 0.15) is 71.6 Å². The highest BCUT2D eigenvalue weighted by molar-refractivity contribution is 5.85. The number of aliphatic carboxylic acids is 1. The van der Waals surface area contributed by atoms with Gasteiger partial charge in [-0.2, -0.15) is 0 Å². The molecule has 1 atom stereocenters. The highest BCUT2D eigenvalue weighted by Gasteiger charge is 2.31. The highest BCUT2D eigenvalue weighted by atomic mass is 16.4. The minimum Gasteiger partial charge on any atom is -0.480 e. The van der Waals surface area contributed by atoms with Crippen molar-refractivity contribution in [2.45, 2.75) is 83.7 Å². The molecule has 0 aromatic heterocycles. The quantitative estimate of drug-likeness (QED) is 0.656. The fourth-order valence-electron chi connectivity index (χ4n) is 3.99. The molecular formula is C19H32N2O4. The zero-order valence-electron chi connectivity index (χ0n) is 15.4. The number of carbonyl (C=O) groups excluding carboxylic acids is 2. The molecule has 0 saturated heterocycles. The van der Waals surface area contributed by atoms with Crippen LogP contribution < -0.4 is 10.6 Å². The van der Waals surface area contributed by atoms with Gasteiger partial charge in [0.05, 0.1) is 0 Å². The van der Waals surface area contributed by atoms with E-state index in [1.165, 1.54) is 0 Å². The van der Waals surface area contributed by atoms with Crippen LogP contribution in [-0.4, -0.2) is 35.0 Å². The maximum Gasteiger partial charge on any atom is 0.326 e. The molecule has 142 valence electrons. The van der Waals surface area contributed by atoms with E-state index in [4.69, 9.17) is 0 Å². The Morgan fingerprint density at radius 1 is 0.920 bits per heavy atom. The Balaban J connectivity index is 1.75. The maximum absolute atomic E-state index is 12.4. The van der Waals surface area contributed by atoms with Crippen LogP contribution in [0.3, 0.4) is 0 Å². The summed E-state index contributed by atoms with van der Waals surface area (Å²) < 4.78 is 0. The van der Waals surface area contributed by atoms with E-state index in [-0.39, 0.29) is 35.6 Å². The predicted molar refractivity (Wildman–Crippen MR) is 94.9 cm³/mol. The van der Waals surface area contributed by atoms with E-state index in [0.717, 1.165) is 38.5 Å². The van der Waals surface area contributed by atoms with Gasteiger partial charge in [0.15, 0.2) is 0 Å². The van der Waals surface area contributed by atoms with Crippen molar-refractivity contribution in [1.82, 2.24) is 10.6 Å². The molecule has 0 aliphatic heterocycles. The van der Waals surface area contributed by atoms with Gasteiger partial charge in [-0.1, -0.05) is 26.7 Å². The van der Waals surface area contributed by atoms with E-state index in [0.29, 0.717) is 19.3 Å². The summed E-state index contributed by atoms with van der Waals surface area (Å²) in [4.78, 5) is 35.9. The van der Waals surface area contributed by atoms with Crippen molar-refractivity contribution in [3.8, 4) is 0 Å². The van der Waals surface area contributed by atoms with E-state index in [2.05, 4.69) is 10.6 Å². The van der Waals surface area contributed by atoms with E-state index < -0.39 is 12.0 Å². The van der Waals surface area contributed by atoms with Gasteiger partial charge in [-0.25, -0.2) is 4.79 Å². The molecule has 3 N–H and O–H groups in total. The van der Waals surface area contributed by atoms with Gasteiger partial charge >= 0.3 is 5.97 Å². The Kier molecular flexibility index (Phi) is 7.26. The second kappa shape index (κ2) is 9.20. The molecule has 0 heterocycles. The van der Waals surface area contributed by atoms with E-state index in [1.807, 2.05) is 13.8 Å². The molecule has 1 unspecified atom stereocenters. The summed E-state index contributed by atoms with van der Waals surface area (Å²) in [6.07, 6.45) is 7.71. The summed E-state index contributed by atoms with van der Waals surface area (Å²) in [5.74, 6) is -0.716. The van der Waals surface area contributed by atoms with Crippen LogP contribution in [0.5, 0.6) is 0 Å². The van der Waals surface area contributed by atoms with Crippen molar-refractivity contribution in [1.29, 1.82) is 0 Å². The molecule has 0 radical (unpaired) electrons. The summed E-state index contributed by atoms with van der Waals surface area (Å²) in [7, 11) is 0. The molecule has 0 bridgehead atoms. The summed E-state index contributed by atoms with van der Waals surface area (Å²) in [5.41, 5.74) is 0. The summed E-state index contributed by atoms with van der Waals surface area (Å²) in [6, 6.07) is -0.657. The molecule has 6 heteroatoms.